The molecule has 104 valence electrons. The second kappa shape index (κ2) is 5.48. The molecule has 1 saturated heterocycles. The zero-order chi connectivity index (χ0) is 14.0. The van der Waals surface area contributed by atoms with Crippen LogP contribution in [0.1, 0.15) is 35.7 Å². The van der Waals surface area contributed by atoms with Crippen LogP contribution in [-0.4, -0.2) is 29.8 Å². The first-order valence-corrected chi connectivity index (χ1v) is 6.50. The molecule has 0 amide bonds. The molecule has 4 N–H and O–H groups in total. The zero-order valence-electron chi connectivity index (χ0n) is 11.3. The van der Waals surface area contributed by atoms with E-state index in [1.165, 1.54) is 0 Å². The minimum absolute atomic E-state index is 0.141. The van der Waals surface area contributed by atoms with Crippen molar-refractivity contribution in [1.82, 2.24) is 0 Å². The predicted octanol–water partition coefficient (Wildman–Crippen LogP) is 2.25. The molecule has 1 aromatic carbocycles. The van der Waals surface area contributed by atoms with Crippen molar-refractivity contribution in [1.29, 1.82) is 0 Å². The molecule has 2 atom stereocenters. The molecule has 2 rings (SSSR count). The first-order chi connectivity index (χ1) is 8.99. The standard InChI is InChI=1S/C14H20N2O3/c1-8-6-10(7-11(13(8)15)14(17)18)16-9(2)12-4-3-5-19-12/h6-7,9,12,16H,3-5,15H2,1-2H3,(H,17,18). The number of aryl methyl sites for hydroxylation is 1. The van der Waals surface area contributed by atoms with Gasteiger partial charge >= 0.3 is 5.97 Å². The van der Waals surface area contributed by atoms with E-state index in [9.17, 15) is 4.79 Å². The summed E-state index contributed by atoms with van der Waals surface area (Å²) in [5.41, 5.74) is 7.77. The van der Waals surface area contributed by atoms with Gasteiger partial charge in [-0.25, -0.2) is 4.79 Å². The Balaban J connectivity index is 2.18. The van der Waals surface area contributed by atoms with Crippen LogP contribution >= 0.6 is 0 Å². The van der Waals surface area contributed by atoms with Crippen molar-refractivity contribution in [3.8, 4) is 0 Å². The van der Waals surface area contributed by atoms with Gasteiger partial charge in [-0.15, -0.1) is 0 Å². The highest BCUT2D eigenvalue weighted by Crippen LogP contribution is 2.25. The van der Waals surface area contributed by atoms with E-state index >= 15 is 0 Å². The summed E-state index contributed by atoms with van der Waals surface area (Å²) in [6.07, 6.45) is 2.30. The Morgan fingerprint density at radius 2 is 2.32 bits per heavy atom. The molecule has 19 heavy (non-hydrogen) atoms. The number of benzene rings is 1. The van der Waals surface area contributed by atoms with Crippen molar-refractivity contribution < 1.29 is 14.6 Å². The van der Waals surface area contributed by atoms with Crippen molar-refractivity contribution in [3.05, 3.63) is 23.3 Å². The number of carboxylic acids is 1. The minimum atomic E-state index is -1.01. The molecule has 5 nitrogen and oxygen atoms in total. The first kappa shape index (κ1) is 13.7. The highest BCUT2D eigenvalue weighted by Gasteiger charge is 2.22. The number of aromatic carboxylic acids is 1. The van der Waals surface area contributed by atoms with Crippen LogP contribution in [0.25, 0.3) is 0 Å². The van der Waals surface area contributed by atoms with Gasteiger partial charge in [-0.3, -0.25) is 0 Å². The summed E-state index contributed by atoms with van der Waals surface area (Å²) in [6.45, 7) is 4.66. The van der Waals surface area contributed by atoms with E-state index in [2.05, 4.69) is 5.32 Å². The van der Waals surface area contributed by atoms with E-state index < -0.39 is 5.97 Å². The van der Waals surface area contributed by atoms with Crippen LogP contribution in [-0.2, 0) is 4.74 Å². The smallest absolute Gasteiger partial charge is 0.337 e. The number of carbonyl (C=O) groups is 1. The molecular weight excluding hydrogens is 244 g/mol. The zero-order valence-corrected chi connectivity index (χ0v) is 11.3. The summed E-state index contributed by atoms with van der Waals surface area (Å²) >= 11 is 0. The molecule has 0 saturated carbocycles. The largest absolute Gasteiger partial charge is 0.478 e. The molecule has 5 heteroatoms. The monoisotopic (exact) mass is 264 g/mol. The summed E-state index contributed by atoms with van der Waals surface area (Å²) < 4.78 is 5.62. The Hall–Kier alpha value is -1.75. The fourth-order valence-corrected chi connectivity index (χ4v) is 2.41. The maximum Gasteiger partial charge on any atom is 0.337 e. The van der Waals surface area contributed by atoms with Crippen LogP contribution in [0.15, 0.2) is 12.1 Å². The second-order valence-electron chi connectivity index (χ2n) is 5.04. The van der Waals surface area contributed by atoms with Crippen LogP contribution in [0.2, 0.25) is 0 Å². The Morgan fingerprint density at radius 3 is 2.89 bits per heavy atom. The van der Waals surface area contributed by atoms with E-state index in [1.54, 1.807) is 6.07 Å². The van der Waals surface area contributed by atoms with Gasteiger partial charge in [0.05, 0.1) is 11.7 Å². The predicted molar refractivity (Wildman–Crippen MR) is 74.6 cm³/mol. The highest BCUT2D eigenvalue weighted by molar-refractivity contribution is 5.95. The third kappa shape index (κ3) is 2.98. The summed E-state index contributed by atoms with van der Waals surface area (Å²) in [5.74, 6) is -1.01. The van der Waals surface area contributed by atoms with Crippen molar-refractivity contribution in [2.24, 2.45) is 0 Å². The van der Waals surface area contributed by atoms with Gasteiger partial charge in [-0.1, -0.05) is 0 Å². The van der Waals surface area contributed by atoms with Gasteiger partial charge in [0.25, 0.3) is 0 Å². The Bertz CT molecular complexity index is 482. The third-order valence-corrected chi connectivity index (χ3v) is 3.53. The Kier molecular flexibility index (Phi) is 3.95. The van der Waals surface area contributed by atoms with E-state index in [-0.39, 0.29) is 17.7 Å². The summed E-state index contributed by atoms with van der Waals surface area (Å²) in [6, 6.07) is 3.59. The third-order valence-electron chi connectivity index (χ3n) is 3.53. The van der Waals surface area contributed by atoms with E-state index in [0.29, 0.717) is 5.69 Å². The summed E-state index contributed by atoms with van der Waals surface area (Å²) in [5, 5.41) is 12.4. The number of rotatable bonds is 4. The van der Waals surface area contributed by atoms with Crippen molar-refractivity contribution in [2.45, 2.75) is 38.8 Å². The molecule has 1 aliphatic heterocycles. The molecule has 0 radical (unpaired) electrons. The first-order valence-electron chi connectivity index (χ1n) is 6.50. The van der Waals surface area contributed by atoms with Crippen LogP contribution in [0, 0.1) is 6.92 Å². The minimum Gasteiger partial charge on any atom is -0.478 e. The van der Waals surface area contributed by atoms with Crippen molar-refractivity contribution >= 4 is 17.3 Å². The Labute approximate surface area is 112 Å². The van der Waals surface area contributed by atoms with Gasteiger partial charge in [-0.05, 0) is 44.4 Å². The molecule has 0 spiro atoms. The lowest BCUT2D eigenvalue weighted by Gasteiger charge is -2.22. The fraction of sp³-hybridized carbons (Fsp3) is 0.500. The summed E-state index contributed by atoms with van der Waals surface area (Å²) in [4.78, 5) is 11.1. The van der Waals surface area contributed by atoms with Crippen LogP contribution in [0.5, 0.6) is 0 Å². The van der Waals surface area contributed by atoms with Gasteiger partial charge in [0.1, 0.15) is 0 Å². The van der Waals surface area contributed by atoms with E-state index in [4.69, 9.17) is 15.6 Å². The van der Waals surface area contributed by atoms with E-state index in [0.717, 1.165) is 30.7 Å². The number of hydrogen-bond acceptors (Lipinski definition) is 4. The number of nitrogens with two attached hydrogens (primary N) is 1. The van der Waals surface area contributed by atoms with Crippen LogP contribution < -0.4 is 11.1 Å². The fourth-order valence-electron chi connectivity index (χ4n) is 2.41. The maximum absolute atomic E-state index is 11.1. The SMILES string of the molecule is Cc1cc(NC(C)C2CCCO2)cc(C(=O)O)c1N. The second-order valence-corrected chi connectivity index (χ2v) is 5.04. The number of anilines is 2. The van der Waals surface area contributed by atoms with E-state index in [1.807, 2.05) is 19.9 Å². The van der Waals surface area contributed by atoms with Gasteiger partial charge < -0.3 is 20.9 Å². The molecule has 1 aromatic rings. The highest BCUT2D eigenvalue weighted by atomic mass is 16.5. The molecule has 0 aliphatic carbocycles. The number of carboxylic acid groups (broad SMARTS) is 1. The van der Waals surface area contributed by atoms with Crippen molar-refractivity contribution in [3.63, 3.8) is 0 Å². The quantitative estimate of drug-likeness (QED) is 0.726. The molecule has 1 aliphatic rings. The number of hydrogen-bond donors (Lipinski definition) is 3. The van der Waals surface area contributed by atoms with Gasteiger partial charge in [0.15, 0.2) is 0 Å². The summed E-state index contributed by atoms with van der Waals surface area (Å²) in [7, 11) is 0. The van der Waals surface area contributed by atoms with Crippen LogP contribution in [0.4, 0.5) is 11.4 Å². The number of nitrogen functional groups attached to an aromatic ring is 1. The molecule has 1 heterocycles. The Morgan fingerprint density at radius 1 is 1.58 bits per heavy atom. The molecule has 0 bridgehead atoms. The van der Waals surface area contributed by atoms with Crippen molar-refractivity contribution in [2.75, 3.05) is 17.7 Å². The van der Waals surface area contributed by atoms with Gasteiger partial charge in [0.2, 0.25) is 0 Å². The number of nitrogens with one attached hydrogen (secondary N) is 1. The number of ether oxygens (including phenoxy) is 1. The maximum atomic E-state index is 11.1. The molecule has 1 fully saturated rings. The lowest BCUT2D eigenvalue weighted by molar-refractivity contribution is 0.0698. The lowest BCUT2D eigenvalue weighted by Crippen LogP contribution is -2.30. The molecular formula is C14H20N2O3. The normalized spacial score (nSPS) is 20.2. The average molecular weight is 264 g/mol. The van der Waals surface area contributed by atoms with Gasteiger partial charge in [0, 0.05) is 24.0 Å². The lowest BCUT2D eigenvalue weighted by atomic mass is 10.1. The van der Waals surface area contributed by atoms with Gasteiger partial charge in [-0.2, -0.15) is 0 Å². The van der Waals surface area contributed by atoms with Crippen LogP contribution in [0.3, 0.4) is 0 Å². The molecule has 0 aromatic heterocycles. The average Bonchev–Trinajstić information content (AvgIpc) is 2.86. The topological polar surface area (TPSA) is 84.6 Å². The molecule has 2 unspecified atom stereocenters.